The number of carbonyl (C=O) groups is 2. The van der Waals surface area contributed by atoms with Crippen LogP contribution < -0.4 is 10.1 Å². The SMILES string of the molecule is Cc1cccc(OC[C@@H](O)CN2C(=O)N[C@@]3(CCc4ccccc43)C2=O)c1. The summed E-state index contributed by atoms with van der Waals surface area (Å²) in [6.07, 6.45) is 0.324. The lowest BCUT2D eigenvalue weighted by Crippen LogP contribution is -2.43. The first kappa shape index (κ1) is 17.5. The molecule has 1 aliphatic carbocycles. The minimum absolute atomic E-state index is 0.00407. The summed E-state index contributed by atoms with van der Waals surface area (Å²) in [5, 5.41) is 13.2. The van der Waals surface area contributed by atoms with Crippen molar-refractivity contribution in [1.29, 1.82) is 0 Å². The number of hydrogen-bond donors (Lipinski definition) is 2. The van der Waals surface area contributed by atoms with Gasteiger partial charge in [0, 0.05) is 0 Å². The molecule has 2 aliphatic rings. The summed E-state index contributed by atoms with van der Waals surface area (Å²) in [4.78, 5) is 26.6. The van der Waals surface area contributed by atoms with Crippen LogP contribution >= 0.6 is 0 Å². The first-order chi connectivity index (χ1) is 13.0. The lowest BCUT2D eigenvalue weighted by Gasteiger charge is -2.23. The number of benzene rings is 2. The molecule has 6 nitrogen and oxygen atoms in total. The highest BCUT2D eigenvalue weighted by Gasteiger charge is 2.55. The lowest BCUT2D eigenvalue weighted by molar-refractivity contribution is -0.132. The van der Waals surface area contributed by atoms with E-state index in [9.17, 15) is 14.7 Å². The van der Waals surface area contributed by atoms with Crippen LogP contribution in [0, 0.1) is 6.92 Å². The monoisotopic (exact) mass is 366 g/mol. The van der Waals surface area contributed by atoms with Gasteiger partial charge < -0.3 is 15.2 Å². The van der Waals surface area contributed by atoms with E-state index in [-0.39, 0.29) is 19.1 Å². The number of aliphatic hydroxyl groups excluding tert-OH is 1. The third kappa shape index (κ3) is 3.06. The summed E-state index contributed by atoms with van der Waals surface area (Å²) in [6, 6.07) is 14.7. The van der Waals surface area contributed by atoms with Crippen LogP contribution in [0.25, 0.3) is 0 Å². The fraction of sp³-hybridized carbons (Fsp3) is 0.333. The fourth-order valence-corrected chi connectivity index (χ4v) is 3.92. The molecule has 4 rings (SSSR count). The average Bonchev–Trinajstić information content (AvgIpc) is 3.14. The van der Waals surface area contributed by atoms with Gasteiger partial charge in [-0.2, -0.15) is 0 Å². The van der Waals surface area contributed by atoms with Crippen molar-refractivity contribution in [3.63, 3.8) is 0 Å². The molecule has 1 saturated heterocycles. The van der Waals surface area contributed by atoms with Crippen molar-refractivity contribution in [2.24, 2.45) is 0 Å². The Morgan fingerprint density at radius 3 is 2.85 bits per heavy atom. The number of rotatable bonds is 5. The number of aliphatic hydroxyl groups is 1. The number of amides is 3. The van der Waals surface area contributed by atoms with Crippen molar-refractivity contribution < 1.29 is 19.4 Å². The minimum Gasteiger partial charge on any atom is -0.491 e. The summed E-state index contributed by atoms with van der Waals surface area (Å²) >= 11 is 0. The zero-order valence-electron chi connectivity index (χ0n) is 15.1. The van der Waals surface area contributed by atoms with Gasteiger partial charge in [-0.15, -0.1) is 0 Å². The number of imide groups is 1. The normalized spacial score (nSPS) is 22.1. The molecule has 27 heavy (non-hydrogen) atoms. The zero-order valence-corrected chi connectivity index (χ0v) is 15.1. The second-order valence-electron chi connectivity index (χ2n) is 7.19. The number of carbonyl (C=O) groups excluding carboxylic acids is 2. The third-order valence-corrected chi connectivity index (χ3v) is 5.25. The summed E-state index contributed by atoms with van der Waals surface area (Å²) in [5.41, 5.74) is 2.00. The molecular formula is C21H22N2O4. The number of aryl methyl sites for hydroxylation is 2. The van der Waals surface area contributed by atoms with Gasteiger partial charge in [0.15, 0.2) is 0 Å². The van der Waals surface area contributed by atoms with E-state index in [1.807, 2.05) is 49.4 Å². The number of β-amino-alcohol motifs (C(OH)–C–C–N with tert-alkyl or cyclic N) is 1. The van der Waals surface area contributed by atoms with Crippen LogP contribution in [0.3, 0.4) is 0 Å². The molecule has 0 radical (unpaired) electrons. The van der Waals surface area contributed by atoms with Gasteiger partial charge >= 0.3 is 6.03 Å². The Labute approximate surface area is 157 Å². The minimum atomic E-state index is -0.995. The number of urea groups is 1. The predicted molar refractivity (Wildman–Crippen MR) is 99.4 cm³/mol. The Hall–Kier alpha value is -2.86. The van der Waals surface area contributed by atoms with Gasteiger partial charge in [-0.25, -0.2) is 4.79 Å². The van der Waals surface area contributed by atoms with E-state index < -0.39 is 17.7 Å². The van der Waals surface area contributed by atoms with Crippen LogP contribution in [-0.4, -0.2) is 41.2 Å². The number of nitrogens with zero attached hydrogens (tertiary/aromatic N) is 1. The van der Waals surface area contributed by atoms with Gasteiger partial charge in [0.1, 0.15) is 24.0 Å². The van der Waals surface area contributed by atoms with Gasteiger partial charge in [-0.3, -0.25) is 9.69 Å². The molecule has 0 saturated carbocycles. The second-order valence-corrected chi connectivity index (χ2v) is 7.19. The van der Waals surface area contributed by atoms with Crippen molar-refractivity contribution in [3.05, 3.63) is 65.2 Å². The highest BCUT2D eigenvalue weighted by atomic mass is 16.5. The molecule has 1 aliphatic heterocycles. The highest BCUT2D eigenvalue weighted by molar-refractivity contribution is 6.08. The van der Waals surface area contributed by atoms with Crippen LogP contribution in [-0.2, 0) is 16.8 Å². The van der Waals surface area contributed by atoms with E-state index in [4.69, 9.17) is 4.74 Å². The maximum absolute atomic E-state index is 13.0. The number of nitrogens with one attached hydrogen (secondary N) is 1. The van der Waals surface area contributed by atoms with Crippen molar-refractivity contribution in [1.82, 2.24) is 10.2 Å². The zero-order chi connectivity index (χ0) is 19.0. The Balaban J connectivity index is 1.44. The van der Waals surface area contributed by atoms with Crippen molar-refractivity contribution >= 4 is 11.9 Å². The van der Waals surface area contributed by atoms with Crippen molar-refractivity contribution in [2.75, 3.05) is 13.2 Å². The predicted octanol–water partition coefficient (Wildman–Crippen LogP) is 2.13. The molecular weight excluding hydrogens is 344 g/mol. The number of hydrogen-bond acceptors (Lipinski definition) is 4. The largest absolute Gasteiger partial charge is 0.491 e. The molecule has 0 aromatic heterocycles. The van der Waals surface area contributed by atoms with Crippen LogP contribution in [0.2, 0.25) is 0 Å². The molecule has 0 bridgehead atoms. The number of fused-ring (bicyclic) bond motifs is 2. The fourth-order valence-electron chi connectivity index (χ4n) is 3.92. The van der Waals surface area contributed by atoms with E-state index in [0.29, 0.717) is 12.2 Å². The molecule has 1 spiro atoms. The summed E-state index contributed by atoms with van der Waals surface area (Å²) < 4.78 is 5.58. The van der Waals surface area contributed by atoms with E-state index in [0.717, 1.165) is 28.0 Å². The third-order valence-electron chi connectivity index (χ3n) is 5.25. The highest BCUT2D eigenvalue weighted by Crippen LogP contribution is 2.41. The lowest BCUT2D eigenvalue weighted by atomic mass is 9.92. The van der Waals surface area contributed by atoms with E-state index >= 15 is 0 Å². The van der Waals surface area contributed by atoms with Gasteiger partial charge in [-0.05, 0) is 48.6 Å². The van der Waals surface area contributed by atoms with Crippen LogP contribution in [0.4, 0.5) is 4.79 Å². The molecule has 2 aromatic rings. The molecule has 2 N–H and O–H groups in total. The van der Waals surface area contributed by atoms with Crippen molar-refractivity contribution in [3.8, 4) is 5.75 Å². The van der Waals surface area contributed by atoms with Gasteiger partial charge in [0.2, 0.25) is 0 Å². The van der Waals surface area contributed by atoms with Crippen molar-refractivity contribution in [2.45, 2.75) is 31.4 Å². The molecule has 0 unspecified atom stereocenters. The quantitative estimate of drug-likeness (QED) is 0.795. The molecule has 6 heteroatoms. The topological polar surface area (TPSA) is 78.9 Å². The van der Waals surface area contributed by atoms with Crippen LogP contribution in [0.5, 0.6) is 5.75 Å². The first-order valence-electron chi connectivity index (χ1n) is 9.10. The Bertz CT molecular complexity index is 897. The molecule has 140 valence electrons. The molecule has 1 heterocycles. The van der Waals surface area contributed by atoms with Gasteiger partial charge in [0.05, 0.1) is 6.54 Å². The van der Waals surface area contributed by atoms with E-state index in [1.54, 1.807) is 6.07 Å². The van der Waals surface area contributed by atoms with Gasteiger partial charge in [0.25, 0.3) is 5.91 Å². The Kier molecular flexibility index (Phi) is 4.36. The maximum Gasteiger partial charge on any atom is 0.325 e. The van der Waals surface area contributed by atoms with Gasteiger partial charge in [-0.1, -0.05) is 36.4 Å². The second kappa shape index (κ2) is 6.70. The summed E-state index contributed by atoms with van der Waals surface area (Å²) in [7, 11) is 0. The summed E-state index contributed by atoms with van der Waals surface area (Å²) in [6.45, 7) is 1.86. The van der Waals surface area contributed by atoms with Crippen LogP contribution in [0.15, 0.2) is 48.5 Å². The van der Waals surface area contributed by atoms with E-state index in [1.165, 1.54) is 0 Å². The van der Waals surface area contributed by atoms with E-state index in [2.05, 4.69) is 5.32 Å². The Morgan fingerprint density at radius 1 is 1.22 bits per heavy atom. The smallest absolute Gasteiger partial charge is 0.325 e. The number of ether oxygens (including phenoxy) is 1. The molecule has 3 amide bonds. The van der Waals surface area contributed by atoms with Crippen LogP contribution in [0.1, 0.15) is 23.1 Å². The maximum atomic E-state index is 13.0. The molecule has 2 aromatic carbocycles. The standard InChI is InChI=1S/C21H22N2O4/c1-14-5-4-7-17(11-14)27-13-16(24)12-23-19(25)21(22-20(23)26)10-9-15-6-2-3-8-18(15)21/h2-8,11,16,24H,9-10,12-13H2,1H3,(H,22,26)/t16-,21+/m0/s1. The Morgan fingerprint density at radius 2 is 2.04 bits per heavy atom. The molecule has 2 atom stereocenters. The summed E-state index contributed by atoms with van der Waals surface area (Å²) in [5.74, 6) is 0.347. The molecule has 1 fully saturated rings. The average molecular weight is 366 g/mol. The first-order valence-corrected chi connectivity index (χ1v) is 9.10.